The molecule has 154 valence electrons. The maximum atomic E-state index is 13.2. The second-order valence-electron chi connectivity index (χ2n) is 7.69. The van der Waals surface area contributed by atoms with Gasteiger partial charge in [-0.05, 0) is 36.2 Å². The van der Waals surface area contributed by atoms with E-state index in [1.54, 1.807) is 18.2 Å². The van der Waals surface area contributed by atoms with Gasteiger partial charge >= 0.3 is 0 Å². The molecule has 0 saturated carbocycles. The highest BCUT2D eigenvalue weighted by Gasteiger charge is 2.28. The van der Waals surface area contributed by atoms with Crippen molar-refractivity contribution in [1.82, 2.24) is 4.72 Å². The van der Waals surface area contributed by atoms with Crippen molar-refractivity contribution in [2.24, 2.45) is 0 Å². The summed E-state index contributed by atoms with van der Waals surface area (Å²) in [5, 5.41) is 2.73. The molecule has 0 bridgehead atoms. The van der Waals surface area contributed by atoms with E-state index in [4.69, 9.17) is 4.74 Å². The van der Waals surface area contributed by atoms with E-state index in [-0.39, 0.29) is 23.3 Å². The maximum absolute atomic E-state index is 13.2. The number of benzene rings is 2. The van der Waals surface area contributed by atoms with E-state index in [2.05, 4.69) is 10.0 Å². The summed E-state index contributed by atoms with van der Waals surface area (Å²) in [5.74, 6) is -0.115. The molecule has 8 heteroatoms. The molecule has 0 aliphatic carbocycles. The molecule has 7 nitrogen and oxygen atoms in total. The molecule has 0 unspecified atom stereocenters. The summed E-state index contributed by atoms with van der Waals surface area (Å²) in [4.78, 5) is 13.1. The number of sulfonamides is 1. The van der Waals surface area contributed by atoms with Crippen LogP contribution in [0.25, 0.3) is 0 Å². The van der Waals surface area contributed by atoms with Crippen LogP contribution in [-0.2, 0) is 26.0 Å². The lowest BCUT2D eigenvalue weighted by atomic mass is 10.1. The Morgan fingerprint density at radius 2 is 1.86 bits per heavy atom. The highest BCUT2D eigenvalue weighted by Crippen LogP contribution is 2.26. The number of carbonyl (C=O) groups excluding carboxylic acids is 1. The molecule has 1 fully saturated rings. The molecule has 2 heterocycles. The van der Waals surface area contributed by atoms with Gasteiger partial charge in [-0.2, -0.15) is 4.72 Å². The Morgan fingerprint density at radius 1 is 1.14 bits per heavy atom. The molecule has 2 aromatic carbocycles. The molecule has 1 atom stereocenters. The molecule has 3 N–H and O–H groups in total. The van der Waals surface area contributed by atoms with Crippen LogP contribution >= 0.6 is 0 Å². The average Bonchev–Trinajstić information content (AvgIpc) is 3.08. The van der Waals surface area contributed by atoms with Gasteiger partial charge in [-0.3, -0.25) is 4.79 Å². The van der Waals surface area contributed by atoms with Crippen molar-refractivity contribution < 1.29 is 22.8 Å². The third kappa shape index (κ3) is 4.67. The number of carbonyl (C=O) groups is 1. The fraction of sp³-hybridized carbons (Fsp3) is 0.381. The van der Waals surface area contributed by atoms with Gasteiger partial charge < -0.3 is 15.0 Å². The summed E-state index contributed by atoms with van der Waals surface area (Å²) in [6.45, 7) is 5.75. The van der Waals surface area contributed by atoms with Crippen molar-refractivity contribution in [1.29, 1.82) is 0 Å². The van der Waals surface area contributed by atoms with Gasteiger partial charge in [0.2, 0.25) is 15.9 Å². The summed E-state index contributed by atoms with van der Waals surface area (Å²) in [6, 6.07) is 12.4. The van der Waals surface area contributed by atoms with Gasteiger partial charge in [0.15, 0.2) is 0 Å². The first kappa shape index (κ1) is 20.0. The van der Waals surface area contributed by atoms with E-state index >= 15 is 0 Å². The Morgan fingerprint density at radius 3 is 2.59 bits per heavy atom. The van der Waals surface area contributed by atoms with E-state index in [0.29, 0.717) is 31.0 Å². The minimum atomic E-state index is -3.74. The number of rotatable bonds is 6. The van der Waals surface area contributed by atoms with Crippen LogP contribution in [0.1, 0.15) is 22.7 Å². The molecule has 0 spiro atoms. The molecule has 29 heavy (non-hydrogen) atoms. The van der Waals surface area contributed by atoms with Gasteiger partial charge in [-0.15, -0.1) is 0 Å². The molecular formula is C21H26N3O4S+. The Hall–Kier alpha value is -2.26. The van der Waals surface area contributed by atoms with Crippen LogP contribution in [0.15, 0.2) is 47.4 Å². The van der Waals surface area contributed by atoms with Crippen LogP contribution in [0, 0.1) is 6.92 Å². The number of hydrogen-bond acceptors (Lipinski definition) is 4. The van der Waals surface area contributed by atoms with Crippen LogP contribution in [0.5, 0.6) is 0 Å². The topological polar surface area (TPSA) is 88.9 Å². The van der Waals surface area contributed by atoms with Crippen LogP contribution in [0.3, 0.4) is 0 Å². The number of amides is 1. The molecule has 2 aliphatic heterocycles. The van der Waals surface area contributed by atoms with E-state index < -0.39 is 10.0 Å². The first-order valence-corrected chi connectivity index (χ1v) is 11.3. The molecule has 2 aliphatic rings. The van der Waals surface area contributed by atoms with E-state index in [1.165, 1.54) is 4.90 Å². The largest absolute Gasteiger partial charge is 0.370 e. The van der Waals surface area contributed by atoms with Crippen LogP contribution < -0.4 is 14.9 Å². The zero-order chi connectivity index (χ0) is 20.4. The number of fused-ring (bicyclic) bond motifs is 1. The Labute approximate surface area is 171 Å². The number of quaternary nitrogens is 1. The molecule has 4 rings (SSSR count). The van der Waals surface area contributed by atoms with Crippen molar-refractivity contribution in [3.05, 3.63) is 59.2 Å². The van der Waals surface area contributed by atoms with Crippen molar-refractivity contribution in [2.45, 2.75) is 24.3 Å². The third-order valence-electron chi connectivity index (χ3n) is 5.48. The fourth-order valence-corrected chi connectivity index (χ4v) is 5.08. The lowest BCUT2D eigenvalue weighted by molar-refractivity contribution is -0.909. The maximum Gasteiger partial charge on any atom is 0.241 e. The Kier molecular flexibility index (Phi) is 5.69. The molecular weight excluding hydrogens is 390 g/mol. The van der Waals surface area contributed by atoms with Gasteiger partial charge in [0.1, 0.15) is 13.1 Å². The number of hydrogen-bond donors (Lipinski definition) is 3. The van der Waals surface area contributed by atoms with Crippen molar-refractivity contribution >= 4 is 21.6 Å². The number of anilines is 1. The minimum Gasteiger partial charge on any atom is -0.370 e. The van der Waals surface area contributed by atoms with Gasteiger partial charge in [-0.25, -0.2) is 8.42 Å². The zero-order valence-corrected chi connectivity index (χ0v) is 17.2. The number of ether oxygens (including phenoxy) is 1. The molecule has 0 aromatic heterocycles. The highest BCUT2D eigenvalue weighted by molar-refractivity contribution is 7.89. The lowest BCUT2D eigenvalue weighted by Crippen LogP contribution is -3.14. The normalized spacial score (nSPS) is 18.3. The van der Waals surface area contributed by atoms with Crippen molar-refractivity contribution in [3.8, 4) is 0 Å². The molecule has 1 saturated heterocycles. The first-order valence-electron chi connectivity index (χ1n) is 9.84. The van der Waals surface area contributed by atoms with Crippen LogP contribution in [0.2, 0.25) is 0 Å². The van der Waals surface area contributed by atoms with E-state index in [1.807, 2.05) is 31.2 Å². The predicted molar refractivity (Wildman–Crippen MR) is 109 cm³/mol. The predicted octanol–water partition coefficient (Wildman–Crippen LogP) is 0.424. The molecule has 0 radical (unpaired) electrons. The second kappa shape index (κ2) is 8.23. The third-order valence-corrected chi connectivity index (χ3v) is 6.95. The summed E-state index contributed by atoms with van der Waals surface area (Å²) < 4.78 is 34.6. The van der Waals surface area contributed by atoms with E-state index in [9.17, 15) is 13.2 Å². The van der Waals surface area contributed by atoms with Gasteiger partial charge in [-0.1, -0.05) is 29.8 Å². The first-order chi connectivity index (χ1) is 13.9. The Balaban J connectivity index is 1.59. The standard InChI is InChI=1S/C21H25N3O4S/c1-15-2-4-16(5-3-15)20(14-24-8-10-28-11-9-24)23-29(26,27)18-6-7-19-17(12-18)13-21(25)22-19/h2-7,12,20,23H,8-11,13-14H2,1H3,(H,22,25)/p+1/t20-/m0/s1. The molecule has 2 aromatic rings. The van der Waals surface area contributed by atoms with Crippen LogP contribution in [-0.4, -0.2) is 47.2 Å². The summed E-state index contributed by atoms with van der Waals surface area (Å²) in [6.07, 6.45) is 0.206. The fourth-order valence-electron chi connectivity index (χ4n) is 3.81. The summed E-state index contributed by atoms with van der Waals surface area (Å²) >= 11 is 0. The minimum absolute atomic E-state index is 0.115. The number of nitrogens with one attached hydrogen (secondary N) is 3. The smallest absolute Gasteiger partial charge is 0.241 e. The van der Waals surface area contributed by atoms with Gasteiger partial charge in [0.25, 0.3) is 0 Å². The SMILES string of the molecule is Cc1ccc([C@H](C[NH+]2CCOCC2)NS(=O)(=O)c2ccc3c(c2)CC(=O)N3)cc1. The average molecular weight is 417 g/mol. The second-order valence-corrected chi connectivity index (χ2v) is 9.41. The monoisotopic (exact) mass is 416 g/mol. The highest BCUT2D eigenvalue weighted by atomic mass is 32.2. The van der Waals surface area contributed by atoms with Crippen molar-refractivity contribution in [3.63, 3.8) is 0 Å². The van der Waals surface area contributed by atoms with Gasteiger partial charge in [0.05, 0.1) is 37.1 Å². The quantitative estimate of drug-likeness (QED) is 0.637. The van der Waals surface area contributed by atoms with Gasteiger partial charge in [0, 0.05) is 5.69 Å². The van der Waals surface area contributed by atoms with Crippen LogP contribution in [0.4, 0.5) is 5.69 Å². The lowest BCUT2D eigenvalue weighted by Gasteiger charge is -2.28. The Bertz CT molecular complexity index is 999. The zero-order valence-electron chi connectivity index (χ0n) is 16.4. The molecule has 1 amide bonds. The number of morpholine rings is 1. The van der Waals surface area contributed by atoms with E-state index in [0.717, 1.165) is 24.2 Å². The number of aryl methyl sites for hydroxylation is 1. The summed E-state index contributed by atoms with van der Waals surface area (Å²) in [7, 11) is -3.74. The summed E-state index contributed by atoms with van der Waals surface area (Å²) in [5.41, 5.74) is 3.46. The van der Waals surface area contributed by atoms with Crippen molar-refractivity contribution in [2.75, 3.05) is 38.2 Å².